The fraction of sp³-hybridized carbons (Fsp3) is 0.294. The van der Waals surface area contributed by atoms with Crippen LogP contribution in [0.15, 0.2) is 121 Å². The van der Waals surface area contributed by atoms with Gasteiger partial charge in [-0.3, -0.25) is 0 Å². The summed E-state index contributed by atoms with van der Waals surface area (Å²) >= 11 is 0. The topological polar surface area (TPSA) is 72.2 Å². The molecule has 6 heteroatoms. The number of nitrogens with two attached hydrogens (primary N) is 1. The molecule has 1 heterocycles. The van der Waals surface area contributed by atoms with Crippen molar-refractivity contribution in [1.82, 2.24) is 0 Å². The number of benzene rings is 4. The molecular formula is C34H37NO5. The zero-order chi connectivity index (χ0) is 27.4. The maximum atomic E-state index is 6.61. The second-order valence-corrected chi connectivity index (χ2v) is 9.92. The van der Waals surface area contributed by atoms with Crippen molar-refractivity contribution < 1.29 is 23.7 Å². The van der Waals surface area contributed by atoms with Gasteiger partial charge in [0.1, 0.15) is 30.6 Å². The Hall–Kier alpha value is -3.36. The van der Waals surface area contributed by atoms with Gasteiger partial charge in [-0.2, -0.15) is 0 Å². The highest BCUT2D eigenvalue weighted by atomic mass is 16.6. The van der Waals surface area contributed by atoms with E-state index < -0.39 is 30.6 Å². The molecule has 5 rings (SSSR count). The third kappa shape index (κ3) is 8.08. The average Bonchev–Trinajstić information content (AvgIpc) is 3.01. The molecule has 1 fully saturated rings. The van der Waals surface area contributed by atoms with E-state index in [9.17, 15) is 0 Å². The zero-order valence-corrected chi connectivity index (χ0v) is 22.6. The van der Waals surface area contributed by atoms with Gasteiger partial charge in [-0.05, 0) is 22.3 Å². The van der Waals surface area contributed by atoms with Crippen molar-refractivity contribution >= 4 is 0 Å². The Bertz CT molecular complexity index is 1240. The molecule has 0 aromatic heterocycles. The lowest BCUT2D eigenvalue weighted by Crippen LogP contribution is -2.63. The van der Waals surface area contributed by atoms with Crippen LogP contribution in [0.5, 0.6) is 0 Å². The first-order chi connectivity index (χ1) is 19.8. The molecule has 5 atom stereocenters. The van der Waals surface area contributed by atoms with Crippen molar-refractivity contribution in [3.8, 4) is 0 Å². The summed E-state index contributed by atoms with van der Waals surface area (Å²) < 4.78 is 32.0. The summed E-state index contributed by atoms with van der Waals surface area (Å²) in [5.74, 6) is 0. The molecule has 6 nitrogen and oxygen atoms in total. The maximum Gasteiger partial charge on any atom is 0.135 e. The van der Waals surface area contributed by atoms with Crippen LogP contribution in [0.4, 0.5) is 0 Å². The van der Waals surface area contributed by atoms with Crippen LogP contribution in [0.25, 0.3) is 0 Å². The Labute approximate surface area is 236 Å². The molecule has 0 aliphatic carbocycles. The summed E-state index contributed by atoms with van der Waals surface area (Å²) in [7, 11) is 0. The first-order valence-electron chi connectivity index (χ1n) is 13.8. The van der Waals surface area contributed by atoms with Crippen LogP contribution in [0.2, 0.25) is 0 Å². The Morgan fingerprint density at radius 3 is 1.30 bits per heavy atom. The zero-order valence-electron chi connectivity index (χ0n) is 22.6. The maximum absolute atomic E-state index is 6.61. The molecule has 40 heavy (non-hydrogen) atoms. The lowest BCUT2D eigenvalue weighted by Gasteiger charge is -2.45. The van der Waals surface area contributed by atoms with Gasteiger partial charge in [0.2, 0.25) is 0 Å². The highest BCUT2D eigenvalue weighted by molar-refractivity contribution is 5.16. The van der Waals surface area contributed by atoms with Crippen molar-refractivity contribution in [2.75, 3.05) is 6.61 Å². The number of rotatable bonds is 13. The average molecular weight is 540 g/mol. The van der Waals surface area contributed by atoms with Crippen molar-refractivity contribution in [3.63, 3.8) is 0 Å². The molecule has 1 saturated heterocycles. The van der Waals surface area contributed by atoms with Crippen LogP contribution in [0.1, 0.15) is 22.3 Å². The molecule has 4 aromatic carbocycles. The Balaban J connectivity index is 1.36. The second-order valence-electron chi connectivity index (χ2n) is 9.92. The Kier molecular flexibility index (Phi) is 10.5. The van der Waals surface area contributed by atoms with Crippen LogP contribution in [-0.4, -0.2) is 37.3 Å². The number of hydrogen-bond acceptors (Lipinski definition) is 6. The van der Waals surface area contributed by atoms with Crippen molar-refractivity contribution in [2.24, 2.45) is 5.73 Å². The molecule has 0 radical (unpaired) electrons. The molecule has 0 saturated carbocycles. The first kappa shape index (κ1) is 28.2. The molecule has 0 bridgehead atoms. The van der Waals surface area contributed by atoms with E-state index in [1.807, 2.05) is 121 Å². The standard InChI is InChI=1S/C34H37NO5/c35-34-33(39-24-29-19-11-4-12-20-29)32(38-23-28-17-9-3-10-18-28)31(37-22-27-15-7-2-8-16-27)30(40-34)25-36-21-26-13-5-1-6-14-26/h1-20,30-34H,21-25,35H2/t30-,31-,32+,33-,34?/m1/s1. The molecule has 0 spiro atoms. The largest absolute Gasteiger partial charge is 0.374 e. The van der Waals surface area contributed by atoms with Gasteiger partial charge in [0.15, 0.2) is 0 Å². The van der Waals surface area contributed by atoms with Gasteiger partial charge in [-0.15, -0.1) is 0 Å². The summed E-state index contributed by atoms with van der Waals surface area (Å²) in [5, 5.41) is 0. The van der Waals surface area contributed by atoms with Gasteiger partial charge in [-0.25, -0.2) is 0 Å². The predicted molar refractivity (Wildman–Crippen MR) is 154 cm³/mol. The van der Waals surface area contributed by atoms with Gasteiger partial charge in [0.05, 0.1) is 33.0 Å². The first-order valence-corrected chi connectivity index (χ1v) is 13.8. The van der Waals surface area contributed by atoms with E-state index in [2.05, 4.69) is 0 Å². The van der Waals surface area contributed by atoms with E-state index in [-0.39, 0.29) is 0 Å². The lowest BCUT2D eigenvalue weighted by molar-refractivity contribution is -0.271. The molecule has 1 aliphatic rings. The monoisotopic (exact) mass is 539 g/mol. The molecule has 2 N–H and O–H groups in total. The number of hydrogen-bond donors (Lipinski definition) is 1. The van der Waals surface area contributed by atoms with Crippen molar-refractivity contribution in [2.45, 2.75) is 57.1 Å². The van der Waals surface area contributed by atoms with Gasteiger partial charge < -0.3 is 29.4 Å². The van der Waals surface area contributed by atoms with E-state index >= 15 is 0 Å². The van der Waals surface area contributed by atoms with Crippen molar-refractivity contribution in [3.05, 3.63) is 144 Å². The van der Waals surface area contributed by atoms with E-state index in [1.54, 1.807) is 0 Å². The highest BCUT2D eigenvalue weighted by Gasteiger charge is 2.47. The third-order valence-electron chi connectivity index (χ3n) is 6.92. The Morgan fingerprint density at radius 1 is 0.475 bits per heavy atom. The minimum absolute atomic E-state index is 0.304. The third-order valence-corrected chi connectivity index (χ3v) is 6.92. The van der Waals surface area contributed by atoms with Gasteiger partial charge in [-0.1, -0.05) is 121 Å². The number of ether oxygens (including phenoxy) is 5. The normalized spacial score (nSPS) is 22.7. The molecule has 1 unspecified atom stereocenters. The minimum atomic E-state index is -0.716. The quantitative estimate of drug-likeness (QED) is 0.237. The fourth-order valence-corrected chi connectivity index (χ4v) is 4.83. The second kappa shape index (κ2) is 14.9. The molecular weight excluding hydrogens is 502 g/mol. The van der Waals surface area contributed by atoms with E-state index in [0.29, 0.717) is 33.0 Å². The SMILES string of the molecule is NC1O[C@H](COCc2ccccc2)[C@@H](OCc2ccccc2)[C@H](OCc2ccccc2)[C@H]1OCc1ccccc1. The van der Waals surface area contributed by atoms with E-state index in [1.165, 1.54) is 0 Å². The predicted octanol–water partition coefficient (Wildman–Crippen LogP) is 5.64. The molecule has 0 amide bonds. The summed E-state index contributed by atoms with van der Waals surface area (Å²) in [6.07, 6.45) is -2.66. The molecule has 1 aliphatic heterocycles. The highest BCUT2D eigenvalue weighted by Crippen LogP contribution is 2.29. The summed E-state index contributed by atoms with van der Waals surface area (Å²) in [4.78, 5) is 0. The molecule has 208 valence electrons. The minimum Gasteiger partial charge on any atom is -0.374 e. The Morgan fingerprint density at radius 2 is 0.850 bits per heavy atom. The van der Waals surface area contributed by atoms with Gasteiger partial charge >= 0.3 is 0 Å². The smallest absolute Gasteiger partial charge is 0.135 e. The van der Waals surface area contributed by atoms with Gasteiger partial charge in [0.25, 0.3) is 0 Å². The van der Waals surface area contributed by atoms with E-state index in [0.717, 1.165) is 22.3 Å². The van der Waals surface area contributed by atoms with Crippen LogP contribution >= 0.6 is 0 Å². The fourth-order valence-electron chi connectivity index (χ4n) is 4.83. The van der Waals surface area contributed by atoms with Crippen LogP contribution in [0, 0.1) is 0 Å². The lowest BCUT2D eigenvalue weighted by atomic mass is 9.97. The summed E-state index contributed by atoms with van der Waals surface area (Å²) in [5.41, 5.74) is 10.9. The summed E-state index contributed by atoms with van der Waals surface area (Å²) in [6, 6.07) is 40.2. The van der Waals surface area contributed by atoms with Gasteiger partial charge in [0, 0.05) is 0 Å². The van der Waals surface area contributed by atoms with Crippen LogP contribution in [0.3, 0.4) is 0 Å². The van der Waals surface area contributed by atoms with Crippen LogP contribution in [-0.2, 0) is 50.1 Å². The van der Waals surface area contributed by atoms with E-state index in [4.69, 9.17) is 29.4 Å². The summed E-state index contributed by atoms with van der Waals surface area (Å²) in [6.45, 7) is 1.94. The van der Waals surface area contributed by atoms with Crippen molar-refractivity contribution in [1.29, 1.82) is 0 Å². The van der Waals surface area contributed by atoms with Crippen LogP contribution < -0.4 is 5.73 Å². The molecule has 4 aromatic rings.